The maximum absolute atomic E-state index is 15.0. The summed E-state index contributed by atoms with van der Waals surface area (Å²) in [5.74, 6) is -1.06. The highest BCUT2D eigenvalue weighted by Gasteiger charge is 2.37. The Hall–Kier alpha value is -8.76. The molecule has 71 heavy (non-hydrogen) atoms. The number of alkyl halides is 4. The van der Waals surface area contributed by atoms with Crippen LogP contribution in [-0.2, 0) is 44.1 Å². The summed E-state index contributed by atoms with van der Waals surface area (Å²) in [7, 11) is 0. The first-order chi connectivity index (χ1) is 34.1. The number of esters is 2. The maximum atomic E-state index is 15.0. The van der Waals surface area contributed by atoms with Crippen molar-refractivity contribution in [2.75, 3.05) is 37.9 Å². The third-order valence-electron chi connectivity index (χ3n) is 10.6. The Labute approximate surface area is 407 Å². The lowest BCUT2D eigenvalue weighted by atomic mass is 9.77. The molecule has 6 aromatic rings. The predicted molar refractivity (Wildman–Crippen MR) is 258 cm³/mol. The smallest absolute Gasteiger partial charge is 0.426 e. The topological polar surface area (TPSA) is 189 Å². The molecule has 0 radical (unpaired) electrons. The summed E-state index contributed by atoms with van der Waals surface area (Å²) in [4.78, 5) is 26.6. The van der Waals surface area contributed by atoms with Gasteiger partial charge in [-0.25, -0.2) is 9.59 Å². The number of nitrogens with zero attached hydrogens (tertiary/aromatic N) is 2. The Bertz CT molecular complexity index is 2630. The minimum Gasteiger partial charge on any atom is -0.493 e. The number of carbonyl (C=O) groups excluding carboxylic acids is 2. The zero-order valence-electron chi connectivity index (χ0n) is 38.1. The summed E-state index contributed by atoms with van der Waals surface area (Å²) in [6.07, 6.45) is -1.25. The predicted octanol–water partition coefficient (Wildman–Crippen LogP) is 11.0. The van der Waals surface area contributed by atoms with Crippen LogP contribution in [0.1, 0.15) is 46.2 Å². The summed E-state index contributed by atoms with van der Waals surface area (Å²) in [5.41, 5.74) is 13.7. The van der Waals surface area contributed by atoms with Crippen molar-refractivity contribution < 1.29 is 55.6 Å². The molecule has 0 aliphatic carbocycles. The minimum absolute atomic E-state index is 0.130. The van der Waals surface area contributed by atoms with E-state index in [-0.39, 0.29) is 63.6 Å². The molecule has 0 unspecified atom stereocenters. The van der Waals surface area contributed by atoms with Gasteiger partial charge < -0.3 is 39.9 Å². The summed E-state index contributed by atoms with van der Waals surface area (Å²) >= 11 is 0. The zero-order valence-corrected chi connectivity index (χ0v) is 38.1. The Morgan fingerprint density at radius 3 is 1.17 bits per heavy atom. The van der Waals surface area contributed by atoms with Gasteiger partial charge in [0.05, 0.1) is 36.1 Å². The van der Waals surface area contributed by atoms with Gasteiger partial charge in [-0.05, 0) is 144 Å². The number of anilines is 2. The van der Waals surface area contributed by atoms with E-state index >= 15 is 17.6 Å². The average Bonchev–Trinajstić information content (AvgIpc) is 3.36. The summed E-state index contributed by atoms with van der Waals surface area (Å²) in [5, 5.41) is 17.3. The van der Waals surface area contributed by atoms with Gasteiger partial charge in [0.1, 0.15) is 49.4 Å². The van der Waals surface area contributed by atoms with Crippen molar-refractivity contribution in [3.63, 3.8) is 0 Å². The number of hydrogen-bond acceptors (Lipinski definition) is 12. The normalized spacial score (nSPS) is 11.6. The Balaban J connectivity index is 1.11. The molecule has 12 nitrogen and oxygen atoms in total. The van der Waals surface area contributed by atoms with Crippen molar-refractivity contribution >= 4 is 35.5 Å². The maximum Gasteiger partial charge on any atom is 0.426 e. The van der Waals surface area contributed by atoms with Gasteiger partial charge in [0.2, 0.25) is 0 Å². The third-order valence-corrected chi connectivity index (χ3v) is 10.6. The SMILES string of the molecule is N#CCCOc1ccc(C(F)(F)Oc2ccc(/C=C/C(=O)OCC(COC(=O)/C=C/c3ccc(OC(F)(F)c4ccc(OCCC#N)cc4)cc3)(Cc3ccc(N)cc3)Cc3ccc(N)cc3)cc2)cc1. The zero-order chi connectivity index (χ0) is 50.7. The van der Waals surface area contributed by atoms with Crippen LogP contribution >= 0.6 is 0 Å². The van der Waals surface area contributed by atoms with E-state index in [1.54, 1.807) is 24.3 Å². The van der Waals surface area contributed by atoms with Crippen LogP contribution in [0.5, 0.6) is 23.0 Å². The Morgan fingerprint density at radius 2 is 0.831 bits per heavy atom. The lowest BCUT2D eigenvalue weighted by Gasteiger charge is -2.33. The molecule has 0 amide bonds. The molecule has 0 bridgehead atoms. The fourth-order valence-corrected chi connectivity index (χ4v) is 6.95. The van der Waals surface area contributed by atoms with E-state index in [0.29, 0.717) is 34.0 Å². The molecule has 0 saturated carbocycles. The van der Waals surface area contributed by atoms with Crippen LogP contribution in [0.2, 0.25) is 0 Å². The van der Waals surface area contributed by atoms with Crippen molar-refractivity contribution in [2.24, 2.45) is 5.41 Å². The number of halogens is 4. The summed E-state index contributed by atoms with van der Waals surface area (Å²) in [6, 6.07) is 39.5. The van der Waals surface area contributed by atoms with Gasteiger partial charge >= 0.3 is 24.2 Å². The first-order valence-electron chi connectivity index (χ1n) is 22.1. The van der Waals surface area contributed by atoms with Crippen LogP contribution in [-0.4, -0.2) is 38.4 Å². The molecular weight excluding hydrogens is 921 g/mol. The molecule has 0 aromatic heterocycles. The van der Waals surface area contributed by atoms with E-state index in [2.05, 4.69) is 0 Å². The van der Waals surface area contributed by atoms with Crippen molar-refractivity contribution in [1.29, 1.82) is 10.5 Å². The average molecular weight is 969 g/mol. The van der Waals surface area contributed by atoms with Crippen LogP contribution < -0.4 is 30.4 Å². The summed E-state index contributed by atoms with van der Waals surface area (Å²) < 4.78 is 92.4. The molecule has 6 aromatic carbocycles. The van der Waals surface area contributed by atoms with Crippen molar-refractivity contribution in [3.8, 4) is 35.1 Å². The first kappa shape index (κ1) is 51.6. The standard InChI is InChI=1S/C55H48F4N4O8/c56-54(57,43-13-25-47(26-14-43)66-33-1-31-60)70-49-21-7-39(8-22-49)11-29-51(64)68-37-53(35-41-3-17-45(62)18-4-41,36-42-5-19-46(63)20-6-42)38-69-52(65)30-12-40-9-23-50(24-10-40)71-55(58,59)44-15-27-48(28-16-44)67-34-2-32-61/h3-30H,1-2,33-38,62-63H2/b29-11+,30-12+. The van der Waals surface area contributed by atoms with Crippen molar-refractivity contribution in [2.45, 2.75) is 37.9 Å². The molecule has 6 rings (SSSR count). The third kappa shape index (κ3) is 16.2. The number of rotatable bonds is 24. The lowest BCUT2D eigenvalue weighted by molar-refractivity contribution is -0.186. The number of carbonyl (C=O) groups is 2. The van der Waals surface area contributed by atoms with Gasteiger partial charge in [0.25, 0.3) is 0 Å². The van der Waals surface area contributed by atoms with Crippen LogP contribution in [0.3, 0.4) is 0 Å². The monoisotopic (exact) mass is 968 g/mol. The molecule has 364 valence electrons. The van der Waals surface area contributed by atoms with Crippen molar-refractivity contribution in [1.82, 2.24) is 0 Å². The molecule has 0 saturated heterocycles. The summed E-state index contributed by atoms with van der Waals surface area (Å²) in [6.45, 7) is -0.177. The molecule has 4 N–H and O–H groups in total. The van der Waals surface area contributed by atoms with Crippen LogP contribution in [0.4, 0.5) is 28.9 Å². The molecule has 16 heteroatoms. The second-order valence-electron chi connectivity index (χ2n) is 16.2. The Morgan fingerprint density at radius 1 is 0.493 bits per heavy atom. The van der Waals surface area contributed by atoms with E-state index in [1.165, 1.54) is 121 Å². The quantitative estimate of drug-likeness (QED) is 0.0192. The highest BCUT2D eigenvalue weighted by molar-refractivity contribution is 5.87. The molecule has 0 aliphatic rings. The van der Waals surface area contributed by atoms with Crippen LogP contribution in [0, 0.1) is 28.1 Å². The second kappa shape index (κ2) is 24.5. The fourth-order valence-electron chi connectivity index (χ4n) is 6.95. The fraction of sp³-hybridized carbons (Fsp3) is 0.200. The highest BCUT2D eigenvalue weighted by atomic mass is 19.3. The van der Waals surface area contributed by atoms with E-state index in [9.17, 15) is 9.59 Å². The molecule has 0 fully saturated rings. The van der Waals surface area contributed by atoms with Gasteiger partial charge in [0, 0.05) is 28.9 Å². The number of nitrogen functional groups attached to an aromatic ring is 2. The number of ether oxygens (including phenoxy) is 6. The second-order valence-corrected chi connectivity index (χ2v) is 16.2. The highest BCUT2D eigenvalue weighted by Crippen LogP contribution is 2.35. The van der Waals surface area contributed by atoms with Gasteiger partial charge in [-0.2, -0.15) is 28.1 Å². The van der Waals surface area contributed by atoms with Gasteiger partial charge in [-0.15, -0.1) is 0 Å². The number of benzene rings is 6. The number of nitriles is 2. The minimum atomic E-state index is -3.68. The van der Waals surface area contributed by atoms with Crippen LogP contribution in [0.25, 0.3) is 12.2 Å². The number of nitrogens with two attached hydrogens (primary N) is 2. The molecular formula is C55H48F4N4O8. The van der Waals surface area contributed by atoms with Gasteiger partial charge in [0.15, 0.2) is 0 Å². The first-order valence-corrected chi connectivity index (χ1v) is 22.1. The molecule has 0 heterocycles. The van der Waals surface area contributed by atoms with E-state index < -0.39 is 40.7 Å². The van der Waals surface area contributed by atoms with E-state index in [0.717, 1.165) is 11.1 Å². The molecule has 0 aliphatic heterocycles. The van der Waals surface area contributed by atoms with E-state index in [4.69, 9.17) is 50.4 Å². The van der Waals surface area contributed by atoms with Crippen molar-refractivity contribution in [3.05, 3.63) is 191 Å². The Kier molecular flexibility index (Phi) is 17.8. The van der Waals surface area contributed by atoms with Gasteiger partial charge in [-0.1, -0.05) is 48.5 Å². The van der Waals surface area contributed by atoms with Gasteiger partial charge in [-0.3, -0.25) is 0 Å². The van der Waals surface area contributed by atoms with E-state index in [1.807, 2.05) is 36.4 Å². The largest absolute Gasteiger partial charge is 0.493 e. The molecule has 0 spiro atoms. The molecule has 0 atom stereocenters. The van der Waals surface area contributed by atoms with Crippen LogP contribution in [0.15, 0.2) is 158 Å². The number of hydrogen-bond donors (Lipinski definition) is 2. The lowest BCUT2D eigenvalue weighted by Crippen LogP contribution is -2.38.